The average molecular weight is 536 g/mol. The van der Waals surface area contributed by atoms with Gasteiger partial charge in [0.2, 0.25) is 11.6 Å². The zero-order valence-electron chi connectivity index (χ0n) is 18.0. The van der Waals surface area contributed by atoms with Crippen molar-refractivity contribution < 1.29 is 19.8 Å². The number of rotatable bonds is 3. The van der Waals surface area contributed by atoms with Gasteiger partial charge in [-0.1, -0.05) is 9.69 Å². The number of tetrazole rings is 4. The second kappa shape index (κ2) is 9.68. The molecule has 0 aliphatic rings. The summed E-state index contributed by atoms with van der Waals surface area (Å²) in [7, 11) is 0. The van der Waals surface area contributed by atoms with Crippen LogP contribution in [0.5, 0.6) is 0 Å². The third kappa shape index (κ3) is 4.50. The van der Waals surface area contributed by atoms with Crippen molar-refractivity contribution in [3.05, 3.63) is 10.4 Å². The lowest BCUT2D eigenvalue weighted by molar-refractivity contribution is -0.643. The Morgan fingerprint density at radius 3 is 1.18 bits per heavy atom. The lowest BCUT2D eigenvalue weighted by atomic mass is 10.6. The maximum absolute atomic E-state index is 10.7. The molecule has 0 aromatic carbocycles. The summed E-state index contributed by atoms with van der Waals surface area (Å²) < 4.78 is 2.24. The van der Waals surface area contributed by atoms with Crippen LogP contribution in [-0.2, 0) is 0 Å². The number of hydrogen-bond donors (Lipinski definition) is 8. The van der Waals surface area contributed by atoms with Crippen LogP contribution in [0.4, 0.5) is 11.9 Å². The van der Waals surface area contributed by atoms with Gasteiger partial charge in [-0.2, -0.15) is 0 Å². The van der Waals surface area contributed by atoms with E-state index in [0.29, 0.717) is 21.3 Å². The highest BCUT2D eigenvalue weighted by molar-refractivity contribution is 5.41. The summed E-state index contributed by atoms with van der Waals surface area (Å²) in [5.41, 5.74) is 10.8. The van der Waals surface area contributed by atoms with Gasteiger partial charge >= 0.3 is 23.5 Å². The van der Waals surface area contributed by atoms with E-state index in [4.69, 9.17) is 33.6 Å². The first-order valence-electron chi connectivity index (χ1n) is 9.09. The van der Waals surface area contributed by atoms with Gasteiger partial charge in [-0.15, -0.1) is 39.9 Å². The zero-order chi connectivity index (χ0) is 27.4. The van der Waals surface area contributed by atoms with Crippen LogP contribution in [0.15, 0.2) is 0 Å². The first kappa shape index (κ1) is 24.1. The molecule has 0 saturated heterocycles. The number of aromatic amines is 2. The summed E-state index contributed by atoms with van der Waals surface area (Å²) in [6.45, 7) is 0. The SMILES string of the molecule is Nc1n[nH]c(-c2[nH]nc(N)[n+]2N)[n+]1N.[O-]n1nnnc1-c1nnnn1O.[O-]n1nnnc1-c1nnnn1O. The lowest BCUT2D eigenvalue weighted by Gasteiger charge is -2.02. The molecule has 6 aromatic heterocycles. The Morgan fingerprint density at radius 2 is 0.947 bits per heavy atom. The smallest absolute Gasteiger partial charge is 0.396 e. The van der Waals surface area contributed by atoms with Crippen LogP contribution < -0.4 is 32.5 Å². The molecule has 0 fully saturated rings. The number of anilines is 2. The molecule has 0 saturated carbocycles. The van der Waals surface area contributed by atoms with Gasteiger partial charge in [0.15, 0.2) is 0 Å². The van der Waals surface area contributed by atoms with Crippen molar-refractivity contribution in [1.29, 1.82) is 0 Å². The van der Waals surface area contributed by atoms with Crippen LogP contribution in [0.25, 0.3) is 34.9 Å². The van der Waals surface area contributed by atoms with Gasteiger partial charge in [-0.25, -0.2) is 0 Å². The fourth-order valence-corrected chi connectivity index (χ4v) is 2.25. The van der Waals surface area contributed by atoms with Crippen LogP contribution in [0.3, 0.4) is 0 Å². The van der Waals surface area contributed by atoms with E-state index in [1.165, 1.54) is 0 Å². The highest BCUT2D eigenvalue weighted by atomic mass is 16.5. The van der Waals surface area contributed by atoms with Crippen LogP contribution in [-0.4, -0.2) is 112 Å². The number of nitrogens with two attached hydrogens (primary N) is 4. The van der Waals surface area contributed by atoms with Gasteiger partial charge in [0, 0.05) is 10.2 Å². The van der Waals surface area contributed by atoms with Crippen LogP contribution >= 0.6 is 0 Å². The van der Waals surface area contributed by atoms with Crippen LogP contribution in [0, 0.1) is 10.4 Å². The highest BCUT2D eigenvalue weighted by Crippen LogP contribution is 2.08. The quantitative estimate of drug-likeness (QED) is 0.0590. The monoisotopic (exact) mass is 536 g/mol. The fourth-order valence-electron chi connectivity index (χ4n) is 2.25. The van der Waals surface area contributed by atoms with E-state index in [-0.39, 0.29) is 44.9 Å². The molecule has 0 bridgehead atoms. The lowest BCUT2D eigenvalue weighted by Crippen LogP contribution is -2.53. The molecule has 38 heavy (non-hydrogen) atoms. The van der Waals surface area contributed by atoms with E-state index in [0.717, 1.165) is 9.35 Å². The average Bonchev–Trinajstić information content (AvgIpc) is 3.74. The second-order valence-electron chi connectivity index (χ2n) is 6.14. The number of aromatic nitrogens is 22. The van der Waals surface area contributed by atoms with Crippen molar-refractivity contribution in [3.8, 4) is 34.9 Å². The number of nitrogens with one attached hydrogen (secondary N) is 2. The Labute approximate surface area is 203 Å². The molecule has 0 atom stereocenters. The summed E-state index contributed by atoms with van der Waals surface area (Å²) in [5, 5.41) is 89.3. The topological polar surface area (TPSA) is 430 Å². The van der Waals surface area contributed by atoms with Gasteiger partial charge < -0.3 is 32.3 Å². The van der Waals surface area contributed by atoms with Gasteiger partial charge in [0.1, 0.15) is 0 Å². The fraction of sp³-hybridized carbons (Fsp3) is 0. The Bertz CT molecular complexity index is 1430. The van der Waals surface area contributed by atoms with Gasteiger partial charge in [-0.3, -0.25) is 21.4 Å². The maximum Gasteiger partial charge on any atom is 0.396 e. The largest absolute Gasteiger partial charge is 0.787 e. The molecule has 6 aromatic rings. The summed E-state index contributed by atoms with van der Waals surface area (Å²) in [6.07, 6.45) is 0. The molecule has 198 valence electrons. The molecular weight excluding hydrogens is 524 g/mol. The summed E-state index contributed by atoms with van der Waals surface area (Å²) in [4.78, 5) is 0.803. The molecule has 0 unspecified atom stereocenters. The Morgan fingerprint density at radius 1 is 0.605 bits per heavy atom. The van der Waals surface area contributed by atoms with Crippen molar-refractivity contribution in [1.82, 2.24) is 102 Å². The Balaban J connectivity index is 0.000000133. The van der Waals surface area contributed by atoms with Crippen molar-refractivity contribution in [3.63, 3.8) is 0 Å². The van der Waals surface area contributed by atoms with Gasteiger partial charge in [-0.05, 0) is 41.7 Å². The molecule has 0 amide bonds. The molecule has 30 nitrogen and oxygen atoms in total. The number of H-pyrrole nitrogens is 2. The number of hydrogen-bond acceptors (Lipinski definition) is 22. The molecular formula is C8H12N26O4. The first-order chi connectivity index (χ1) is 18.2. The van der Waals surface area contributed by atoms with Crippen molar-refractivity contribution in [2.24, 2.45) is 0 Å². The summed E-state index contributed by atoms with van der Waals surface area (Å²) in [6, 6.07) is 0. The van der Waals surface area contributed by atoms with E-state index in [9.17, 15) is 10.4 Å². The van der Waals surface area contributed by atoms with E-state index in [1.807, 2.05) is 0 Å². The predicted octanol–water partition coefficient (Wildman–Crippen LogP) is -8.21. The zero-order valence-corrected chi connectivity index (χ0v) is 18.0. The minimum Gasteiger partial charge on any atom is -0.787 e. The standard InChI is InChI=1S/C4H8N10.2C2HN8O2/c5-3-11-9-1(13(3)7)2-10-12-4(6)14(2)8;2*11-9-1(3-5-7-9)2-4-6-8-10(2)12/h7-8H2,(H4,5,6,9,10,11,12);2*11H/q;2*-1/p+2. The molecule has 0 aliphatic carbocycles. The highest BCUT2D eigenvalue weighted by Gasteiger charge is 2.25. The molecule has 0 spiro atoms. The summed E-state index contributed by atoms with van der Waals surface area (Å²) in [5.74, 6) is 11.1. The van der Waals surface area contributed by atoms with Crippen molar-refractivity contribution >= 4 is 11.9 Å². The first-order valence-corrected chi connectivity index (χ1v) is 9.09. The Hall–Kier alpha value is -7.04. The molecule has 0 aliphatic heterocycles. The van der Waals surface area contributed by atoms with E-state index in [1.54, 1.807) is 0 Å². The van der Waals surface area contributed by atoms with Crippen molar-refractivity contribution in [2.75, 3.05) is 23.2 Å². The van der Waals surface area contributed by atoms with Gasteiger partial charge in [0.25, 0.3) is 11.6 Å². The normalized spacial score (nSPS) is 10.4. The van der Waals surface area contributed by atoms with E-state index >= 15 is 0 Å². The minimum absolute atomic E-state index is 0.0956. The maximum atomic E-state index is 10.7. The molecule has 0 radical (unpaired) electrons. The van der Waals surface area contributed by atoms with E-state index < -0.39 is 0 Å². The minimum atomic E-state index is -0.262. The van der Waals surface area contributed by atoms with Gasteiger partial charge in [0.05, 0.1) is 0 Å². The van der Waals surface area contributed by atoms with Crippen LogP contribution in [0.1, 0.15) is 0 Å². The van der Waals surface area contributed by atoms with Crippen molar-refractivity contribution in [2.45, 2.75) is 0 Å². The van der Waals surface area contributed by atoms with Crippen LogP contribution in [0.2, 0.25) is 0 Å². The second-order valence-corrected chi connectivity index (χ2v) is 6.14. The number of nitrogen functional groups attached to an aromatic ring is 4. The van der Waals surface area contributed by atoms with E-state index in [2.05, 4.69) is 82.5 Å². The third-order valence-corrected chi connectivity index (χ3v) is 3.94. The Kier molecular flexibility index (Phi) is 6.14. The molecule has 6 rings (SSSR count). The molecule has 6 heterocycles. The third-order valence-electron chi connectivity index (χ3n) is 3.94. The summed E-state index contributed by atoms with van der Waals surface area (Å²) >= 11 is 0. The number of nitrogens with zero attached hydrogens (tertiary/aromatic N) is 20. The molecule has 30 heteroatoms. The predicted molar refractivity (Wildman–Crippen MR) is 107 cm³/mol. The molecule has 12 N–H and O–H groups in total.